The highest BCUT2D eigenvalue weighted by Crippen LogP contribution is 2.23. The van der Waals surface area contributed by atoms with Gasteiger partial charge in [-0.1, -0.05) is 6.07 Å². The number of nitrogens with zero attached hydrogens (tertiary/aromatic N) is 5. The lowest BCUT2D eigenvalue weighted by Crippen LogP contribution is -2.09. The number of anilines is 1. The normalized spacial score (nSPS) is 12.3. The number of aromatic nitrogens is 6. The average molecular weight is 269 g/mol. The van der Waals surface area contributed by atoms with Crippen LogP contribution in [0.4, 0.5) is 5.69 Å². The van der Waals surface area contributed by atoms with Crippen molar-refractivity contribution in [1.82, 2.24) is 30.4 Å². The lowest BCUT2D eigenvalue weighted by molar-refractivity contribution is 0.787. The minimum atomic E-state index is 0.139. The Hall–Kier alpha value is -2.70. The summed E-state index contributed by atoms with van der Waals surface area (Å²) in [6.07, 6.45) is 3.32. The van der Waals surface area contributed by atoms with E-state index in [4.69, 9.17) is 0 Å². The molecule has 2 aromatic heterocycles. The lowest BCUT2D eigenvalue weighted by Gasteiger charge is -2.16. The molecule has 0 spiro atoms. The maximum atomic E-state index is 3.97. The molecule has 0 aliphatic rings. The summed E-state index contributed by atoms with van der Waals surface area (Å²) in [7, 11) is 0. The van der Waals surface area contributed by atoms with Gasteiger partial charge < -0.3 is 5.32 Å². The predicted octanol–water partition coefficient (Wildman–Crippen LogP) is 1.87. The molecule has 20 heavy (non-hydrogen) atoms. The third-order valence-corrected chi connectivity index (χ3v) is 3.20. The molecule has 0 saturated carbocycles. The minimum Gasteiger partial charge on any atom is -0.377 e. The summed E-state index contributed by atoms with van der Waals surface area (Å²) < 4.78 is 1.63. The fraction of sp³-hybridized carbons (Fsp3) is 0.231. The summed E-state index contributed by atoms with van der Waals surface area (Å²) in [5, 5.41) is 21.6. The van der Waals surface area contributed by atoms with E-state index >= 15 is 0 Å². The van der Waals surface area contributed by atoms with Crippen LogP contribution in [0.5, 0.6) is 0 Å². The molecular formula is C13H15N7. The van der Waals surface area contributed by atoms with E-state index in [0.29, 0.717) is 0 Å². The zero-order chi connectivity index (χ0) is 13.9. The van der Waals surface area contributed by atoms with Crippen molar-refractivity contribution in [3.63, 3.8) is 0 Å². The Bertz CT molecular complexity index is 673. The van der Waals surface area contributed by atoms with Crippen LogP contribution in [0.1, 0.15) is 24.2 Å². The number of aromatic amines is 1. The highest BCUT2D eigenvalue weighted by molar-refractivity contribution is 5.57. The van der Waals surface area contributed by atoms with Crippen LogP contribution < -0.4 is 5.32 Å². The van der Waals surface area contributed by atoms with Crippen molar-refractivity contribution in [3.05, 3.63) is 48.0 Å². The number of hydrogen-bond acceptors (Lipinski definition) is 5. The monoisotopic (exact) mass is 269 g/mol. The molecule has 1 unspecified atom stereocenters. The van der Waals surface area contributed by atoms with Crippen molar-refractivity contribution in [2.75, 3.05) is 5.32 Å². The first-order valence-corrected chi connectivity index (χ1v) is 6.34. The van der Waals surface area contributed by atoms with E-state index in [-0.39, 0.29) is 6.04 Å². The minimum absolute atomic E-state index is 0.139. The van der Waals surface area contributed by atoms with Crippen molar-refractivity contribution >= 4 is 5.69 Å². The Kier molecular flexibility index (Phi) is 3.16. The maximum absolute atomic E-state index is 3.97. The van der Waals surface area contributed by atoms with E-state index in [9.17, 15) is 0 Å². The Labute approximate surface area is 116 Å². The number of H-pyrrole nitrogens is 1. The Morgan fingerprint density at radius 1 is 1.30 bits per heavy atom. The first-order valence-electron chi connectivity index (χ1n) is 6.34. The third-order valence-electron chi connectivity index (χ3n) is 3.20. The molecule has 7 heteroatoms. The number of nitrogens with one attached hydrogen (secondary N) is 2. The highest BCUT2D eigenvalue weighted by Gasteiger charge is 2.09. The Morgan fingerprint density at radius 3 is 2.90 bits per heavy atom. The first kappa shape index (κ1) is 12.3. The number of rotatable bonds is 4. The van der Waals surface area contributed by atoms with Crippen LogP contribution >= 0.6 is 0 Å². The van der Waals surface area contributed by atoms with E-state index in [1.165, 1.54) is 0 Å². The molecule has 0 bridgehead atoms. The van der Waals surface area contributed by atoms with Crippen LogP contribution in [0.3, 0.4) is 0 Å². The molecule has 0 saturated heterocycles. The van der Waals surface area contributed by atoms with Gasteiger partial charge in [0.1, 0.15) is 6.33 Å². The molecule has 2 heterocycles. The zero-order valence-electron chi connectivity index (χ0n) is 11.3. The Morgan fingerprint density at radius 2 is 2.20 bits per heavy atom. The standard InChI is InChI=1S/C13H15N7/c1-9-3-4-11(20-8-15-18-19-20)7-13(9)16-10(2)12-5-6-14-17-12/h3-8,10,16H,1-2H3,(H,14,17). The number of benzene rings is 1. The molecule has 102 valence electrons. The average Bonchev–Trinajstić information content (AvgIpc) is 3.14. The molecule has 1 aromatic carbocycles. The molecule has 3 aromatic rings. The van der Waals surface area contributed by atoms with Crippen molar-refractivity contribution in [2.24, 2.45) is 0 Å². The summed E-state index contributed by atoms with van der Waals surface area (Å²) in [4.78, 5) is 0. The molecule has 0 amide bonds. The van der Waals surface area contributed by atoms with E-state index in [1.807, 2.05) is 24.3 Å². The van der Waals surface area contributed by atoms with Gasteiger partial charge in [-0.2, -0.15) is 5.10 Å². The quantitative estimate of drug-likeness (QED) is 0.755. The first-order chi connectivity index (χ1) is 9.74. The second-order valence-electron chi connectivity index (χ2n) is 4.63. The van der Waals surface area contributed by atoms with Crippen molar-refractivity contribution < 1.29 is 0 Å². The second-order valence-corrected chi connectivity index (χ2v) is 4.63. The van der Waals surface area contributed by atoms with Gasteiger partial charge in [0, 0.05) is 11.9 Å². The van der Waals surface area contributed by atoms with Gasteiger partial charge in [0.05, 0.1) is 17.4 Å². The molecule has 1 atom stereocenters. The van der Waals surface area contributed by atoms with Gasteiger partial charge in [0.15, 0.2) is 0 Å². The smallest absolute Gasteiger partial charge is 0.143 e. The van der Waals surface area contributed by atoms with E-state index < -0.39 is 0 Å². The Balaban J connectivity index is 1.87. The van der Waals surface area contributed by atoms with Crippen molar-refractivity contribution in [3.8, 4) is 5.69 Å². The van der Waals surface area contributed by atoms with Gasteiger partial charge in [0.25, 0.3) is 0 Å². The molecule has 0 aliphatic heterocycles. The molecular weight excluding hydrogens is 254 g/mol. The SMILES string of the molecule is Cc1ccc(-n2cnnn2)cc1NC(C)c1ccn[nH]1. The maximum Gasteiger partial charge on any atom is 0.143 e. The van der Waals surface area contributed by atoms with Crippen LogP contribution in [0.25, 0.3) is 5.69 Å². The zero-order valence-corrected chi connectivity index (χ0v) is 11.3. The predicted molar refractivity (Wildman–Crippen MR) is 74.5 cm³/mol. The summed E-state index contributed by atoms with van der Waals surface area (Å²) >= 11 is 0. The fourth-order valence-corrected chi connectivity index (χ4v) is 2.01. The van der Waals surface area contributed by atoms with Gasteiger partial charge in [-0.15, -0.1) is 5.10 Å². The fourth-order valence-electron chi connectivity index (χ4n) is 2.01. The van der Waals surface area contributed by atoms with Crippen LogP contribution in [-0.2, 0) is 0 Å². The van der Waals surface area contributed by atoms with Crippen LogP contribution in [0.2, 0.25) is 0 Å². The van der Waals surface area contributed by atoms with Crippen LogP contribution in [-0.4, -0.2) is 30.4 Å². The molecule has 0 radical (unpaired) electrons. The van der Waals surface area contributed by atoms with Crippen molar-refractivity contribution in [1.29, 1.82) is 0 Å². The van der Waals surface area contributed by atoms with Gasteiger partial charge in [0.2, 0.25) is 0 Å². The van der Waals surface area contributed by atoms with E-state index in [1.54, 1.807) is 17.2 Å². The lowest BCUT2D eigenvalue weighted by atomic mass is 10.1. The van der Waals surface area contributed by atoms with Gasteiger partial charge in [-0.3, -0.25) is 5.10 Å². The number of hydrogen-bond donors (Lipinski definition) is 2. The molecule has 7 nitrogen and oxygen atoms in total. The summed E-state index contributed by atoms with van der Waals surface area (Å²) in [5.74, 6) is 0. The van der Waals surface area contributed by atoms with Gasteiger partial charge in [-0.05, 0) is 48.0 Å². The molecule has 0 aliphatic carbocycles. The topological polar surface area (TPSA) is 84.3 Å². The summed E-state index contributed by atoms with van der Waals surface area (Å²) in [6, 6.07) is 8.15. The summed E-state index contributed by atoms with van der Waals surface area (Å²) in [5.41, 5.74) is 4.16. The molecule has 2 N–H and O–H groups in total. The summed E-state index contributed by atoms with van der Waals surface area (Å²) in [6.45, 7) is 4.14. The van der Waals surface area contributed by atoms with Gasteiger partial charge >= 0.3 is 0 Å². The number of aryl methyl sites for hydroxylation is 1. The largest absolute Gasteiger partial charge is 0.377 e. The van der Waals surface area contributed by atoms with E-state index in [2.05, 4.69) is 44.9 Å². The van der Waals surface area contributed by atoms with Crippen LogP contribution in [0.15, 0.2) is 36.8 Å². The van der Waals surface area contributed by atoms with Gasteiger partial charge in [-0.25, -0.2) is 4.68 Å². The molecule has 3 rings (SSSR count). The third kappa shape index (κ3) is 2.37. The second kappa shape index (κ2) is 5.12. The van der Waals surface area contributed by atoms with Crippen LogP contribution in [0, 0.1) is 6.92 Å². The van der Waals surface area contributed by atoms with E-state index in [0.717, 1.165) is 22.6 Å². The molecule has 0 fully saturated rings. The highest BCUT2D eigenvalue weighted by atomic mass is 15.5. The van der Waals surface area contributed by atoms with Crippen molar-refractivity contribution in [2.45, 2.75) is 19.9 Å². The number of tetrazole rings is 1.